The number of hydrogen-bond donors (Lipinski definition) is 1. The van der Waals surface area contributed by atoms with Gasteiger partial charge in [-0.25, -0.2) is 8.42 Å². The zero-order chi connectivity index (χ0) is 24.8. The van der Waals surface area contributed by atoms with Crippen LogP contribution in [0, 0.1) is 6.92 Å². The van der Waals surface area contributed by atoms with Gasteiger partial charge in [0, 0.05) is 5.69 Å². The van der Waals surface area contributed by atoms with Crippen molar-refractivity contribution in [1.82, 2.24) is 0 Å². The zero-order valence-corrected chi connectivity index (χ0v) is 20.3. The standard InChI is InChI=1S/C28H26N2O4S/c1-21-12-14-23(15-13-21)29-28(31)26-10-6-7-11-27(26)30(20-22-8-4-3-5-9-22)35(32,33)25-18-16-24(34-2)17-19-25/h3-19H,20H2,1-2H3,(H,29,31). The SMILES string of the molecule is COc1ccc(S(=O)(=O)N(Cc2ccccc2)c2ccccc2C(=O)Nc2ccc(C)cc2)cc1. The second-order valence-corrected chi connectivity index (χ2v) is 9.87. The van der Waals surface area contributed by atoms with Gasteiger partial charge >= 0.3 is 0 Å². The lowest BCUT2D eigenvalue weighted by Crippen LogP contribution is -2.32. The second kappa shape index (κ2) is 10.4. The summed E-state index contributed by atoms with van der Waals surface area (Å²) >= 11 is 0. The molecule has 7 heteroatoms. The molecule has 0 aromatic heterocycles. The van der Waals surface area contributed by atoms with Gasteiger partial charge in [-0.05, 0) is 61.0 Å². The van der Waals surface area contributed by atoms with Crippen LogP contribution >= 0.6 is 0 Å². The van der Waals surface area contributed by atoms with Crippen molar-refractivity contribution in [2.75, 3.05) is 16.7 Å². The Morgan fingerprint density at radius 2 is 1.46 bits per heavy atom. The number of nitrogens with one attached hydrogen (secondary N) is 1. The van der Waals surface area contributed by atoms with E-state index in [9.17, 15) is 13.2 Å². The summed E-state index contributed by atoms with van der Waals surface area (Å²) in [7, 11) is -2.49. The zero-order valence-electron chi connectivity index (χ0n) is 19.5. The molecule has 4 rings (SSSR count). The van der Waals surface area contributed by atoms with Gasteiger partial charge in [0.05, 0.1) is 29.8 Å². The topological polar surface area (TPSA) is 75.7 Å². The third-order valence-corrected chi connectivity index (χ3v) is 7.32. The number of aryl methyl sites for hydroxylation is 1. The molecule has 4 aromatic carbocycles. The van der Waals surface area contributed by atoms with Crippen molar-refractivity contribution >= 4 is 27.3 Å². The molecule has 1 amide bonds. The normalized spacial score (nSPS) is 11.0. The van der Waals surface area contributed by atoms with Crippen LogP contribution in [-0.4, -0.2) is 21.4 Å². The van der Waals surface area contributed by atoms with Gasteiger partial charge in [-0.1, -0.05) is 60.2 Å². The number of amides is 1. The van der Waals surface area contributed by atoms with Gasteiger partial charge in [0.1, 0.15) is 5.75 Å². The lowest BCUT2D eigenvalue weighted by molar-refractivity contribution is 0.102. The van der Waals surface area contributed by atoms with Crippen LogP contribution in [0.15, 0.2) is 108 Å². The minimum absolute atomic E-state index is 0.0596. The molecular weight excluding hydrogens is 460 g/mol. The van der Waals surface area contributed by atoms with Crippen LogP contribution in [0.4, 0.5) is 11.4 Å². The van der Waals surface area contributed by atoms with Crippen LogP contribution in [0.5, 0.6) is 5.75 Å². The first kappa shape index (κ1) is 24.0. The van der Waals surface area contributed by atoms with Gasteiger partial charge in [0.25, 0.3) is 15.9 Å². The van der Waals surface area contributed by atoms with Gasteiger partial charge in [-0.3, -0.25) is 9.10 Å². The number of sulfonamides is 1. The molecule has 0 radical (unpaired) electrons. The van der Waals surface area contributed by atoms with Gasteiger partial charge in [0.2, 0.25) is 0 Å². The Labute approximate surface area is 205 Å². The number of hydrogen-bond acceptors (Lipinski definition) is 4. The highest BCUT2D eigenvalue weighted by Crippen LogP contribution is 2.30. The number of carbonyl (C=O) groups excluding carboxylic acids is 1. The van der Waals surface area contributed by atoms with Crippen molar-refractivity contribution in [2.45, 2.75) is 18.4 Å². The fraction of sp³-hybridized carbons (Fsp3) is 0.107. The number of benzene rings is 4. The van der Waals surface area contributed by atoms with Crippen molar-refractivity contribution in [3.05, 3.63) is 120 Å². The Bertz CT molecular complexity index is 1400. The molecule has 0 aliphatic heterocycles. The van der Waals surface area contributed by atoms with Crippen molar-refractivity contribution in [3.8, 4) is 5.75 Å². The summed E-state index contributed by atoms with van der Waals surface area (Å²) in [6.45, 7) is 2.02. The van der Waals surface area contributed by atoms with E-state index in [2.05, 4.69) is 5.32 Å². The molecule has 6 nitrogen and oxygen atoms in total. The molecule has 178 valence electrons. The second-order valence-electron chi connectivity index (χ2n) is 8.01. The molecule has 1 N–H and O–H groups in total. The van der Waals surface area contributed by atoms with Crippen molar-refractivity contribution in [1.29, 1.82) is 0 Å². The average Bonchev–Trinajstić information content (AvgIpc) is 2.89. The summed E-state index contributed by atoms with van der Waals surface area (Å²) in [6.07, 6.45) is 0. The largest absolute Gasteiger partial charge is 0.497 e. The number of methoxy groups -OCH3 is 1. The third-order valence-electron chi connectivity index (χ3n) is 5.54. The van der Waals surface area contributed by atoms with Crippen LogP contribution < -0.4 is 14.4 Å². The molecule has 0 bridgehead atoms. The number of rotatable bonds is 8. The van der Waals surface area contributed by atoms with E-state index in [1.54, 1.807) is 36.4 Å². The first-order valence-corrected chi connectivity index (χ1v) is 12.5. The van der Waals surface area contributed by atoms with Crippen LogP contribution in [-0.2, 0) is 16.6 Å². The highest BCUT2D eigenvalue weighted by Gasteiger charge is 2.28. The maximum atomic E-state index is 13.9. The Hall–Kier alpha value is -4.10. The van der Waals surface area contributed by atoms with E-state index in [1.807, 2.05) is 61.5 Å². The summed E-state index contributed by atoms with van der Waals surface area (Å²) in [5.41, 5.74) is 3.03. The van der Waals surface area contributed by atoms with Crippen LogP contribution in [0.3, 0.4) is 0 Å². The lowest BCUT2D eigenvalue weighted by Gasteiger charge is -2.26. The molecule has 0 spiro atoms. The molecule has 0 fully saturated rings. The first-order valence-electron chi connectivity index (χ1n) is 11.1. The van der Waals surface area contributed by atoms with Gasteiger partial charge in [-0.2, -0.15) is 0 Å². The maximum Gasteiger partial charge on any atom is 0.264 e. The number of ether oxygens (including phenoxy) is 1. The van der Waals surface area contributed by atoms with Crippen molar-refractivity contribution in [3.63, 3.8) is 0 Å². The molecule has 0 aliphatic rings. The highest BCUT2D eigenvalue weighted by atomic mass is 32.2. The van der Waals surface area contributed by atoms with E-state index in [0.717, 1.165) is 11.1 Å². The van der Waals surface area contributed by atoms with Crippen LogP contribution in [0.1, 0.15) is 21.5 Å². The first-order chi connectivity index (χ1) is 16.9. The molecule has 0 aliphatic carbocycles. The Morgan fingerprint density at radius 1 is 0.829 bits per heavy atom. The molecule has 0 heterocycles. The molecule has 35 heavy (non-hydrogen) atoms. The number of nitrogens with zero attached hydrogens (tertiary/aromatic N) is 1. The molecule has 0 saturated heterocycles. The van der Waals surface area contributed by atoms with Gasteiger partial charge in [-0.15, -0.1) is 0 Å². The summed E-state index contributed by atoms with van der Waals surface area (Å²) < 4.78 is 34.2. The van der Waals surface area contributed by atoms with Crippen molar-refractivity contribution in [2.24, 2.45) is 0 Å². The summed E-state index contributed by atoms with van der Waals surface area (Å²) in [6, 6.07) is 29.6. The monoisotopic (exact) mass is 486 g/mol. The summed E-state index contributed by atoms with van der Waals surface area (Å²) in [5.74, 6) is 0.156. The van der Waals surface area contributed by atoms with Gasteiger partial charge in [0.15, 0.2) is 0 Å². The van der Waals surface area contributed by atoms with Gasteiger partial charge < -0.3 is 10.1 Å². The Balaban J connectivity index is 1.77. The van der Waals surface area contributed by atoms with E-state index in [4.69, 9.17) is 4.74 Å². The van der Waals surface area contributed by atoms with E-state index >= 15 is 0 Å². The molecule has 0 saturated carbocycles. The molecule has 0 atom stereocenters. The predicted molar refractivity (Wildman–Crippen MR) is 138 cm³/mol. The Kier molecular flexibility index (Phi) is 7.17. The quantitative estimate of drug-likeness (QED) is 0.349. The summed E-state index contributed by atoms with van der Waals surface area (Å²) in [5, 5.41) is 2.87. The minimum Gasteiger partial charge on any atom is -0.497 e. The fourth-order valence-corrected chi connectivity index (χ4v) is 5.11. The van der Waals surface area contributed by atoms with E-state index in [-0.39, 0.29) is 22.7 Å². The smallest absolute Gasteiger partial charge is 0.264 e. The minimum atomic E-state index is -4.01. The van der Waals surface area contributed by atoms with Crippen LogP contribution in [0.25, 0.3) is 0 Å². The number of carbonyl (C=O) groups is 1. The molecule has 4 aromatic rings. The highest BCUT2D eigenvalue weighted by molar-refractivity contribution is 7.92. The molecular formula is C28H26N2O4S. The predicted octanol–water partition coefficient (Wildman–Crippen LogP) is 5.65. The van der Waals surface area contributed by atoms with E-state index in [1.165, 1.54) is 23.5 Å². The molecule has 0 unspecified atom stereocenters. The lowest BCUT2D eigenvalue weighted by atomic mass is 10.1. The maximum absolute atomic E-state index is 13.9. The Morgan fingerprint density at radius 3 is 2.11 bits per heavy atom. The number of para-hydroxylation sites is 1. The van der Waals surface area contributed by atoms with E-state index < -0.39 is 15.9 Å². The third kappa shape index (κ3) is 5.53. The van der Waals surface area contributed by atoms with E-state index in [0.29, 0.717) is 11.4 Å². The average molecular weight is 487 g/mol. The number of anilines is 2. The van der Waals surface area contributed by atoms with Crippen LogP contribution in [0.2, 0.25) is 0 Å². The van der Waals surface area contributed by atoms with Crippen molar-refractivity contribution < 1.29 is 17.9 Å². The fourth-order valence-electron chi connectivity index (χ4n) is 3.64. The summed E-state index contributed by atoms with van der Waals surface area (Å²) in [4.78, 5) is 13.4.